The summed E-state index contributed by atoms with van der Waals surface area (Å²) in [7, 11) is 0. The number of anilines is 5. The molecule has 2 heterocycles. The van der Waals surface area contributed by atoms with Crippen molar-refractivity contribution in [1.82, 2.24) is 0 Å². The maximum Gasteiger partial charge on any atom is 0.0726 e. The van der Waals surface area contributed by atoms with E-state index in [9.17, 15) is 0 Å². The second kappa shape index (κ2) is 14.3. The fourth-order valence-electron chi connectivity index (χ4n) is 12.6. The number of benzene rings is 9. The number of fused-ring (bicyclic) bond motifs is 16. The second-order valence-corrected chi connectivity index (χ2v) is 19.5. The Bertz CT molecular complexity index is 3520. The SMILES string of the molecule is CC1(C)c2cc(/C=C/c3ccc4c(c3)C3(c5ccccc5-c5ccccc53)c3cc(N5CCCc6ccccc65)ccc3-4)ccc2-c2ccc(N3c4ccccc4C=Cc4ccccc43)cc21. The maximum atomic E-state index is 2.55. The molecule has 0 fully saturated rings. The van der Waals surface area contributed by atoms with Crippen LogP contribution in [0.4, 0.5) is 28.4 Å². The van der Waals surface area contributed by atoms with Gasteiger partial charge in [-0.15, -0.1) is 0 Å². The molecule has 67 heavy (non-hydrogen) atoms. The molecule has 0 bridgehead atoms. The molecule has 2 nitrogen and oxygen atoms in total. The van der Waals surface area contributed by atoms with E-state index in [0.717, 1.165) is 19.4 Å². The third-order valence-electron chi connectivity index (χ3n) is 15.7. The minimum atomic E-state index is -0.427. The van der Waals surface area contributed by atoms with Crippen molar-refractivity contribution in [2.75, 3.05) is 16.3 Å². The summed E-state index contributed by atoms with van der Waals surface area (Å²) in [4.78, 5) is 4.99. The molecule has 0 aromatic heterocycles. The lowest BCUT2D eigenvalue weighted by atomic mass is 9.70. The first-order valence-electron chi connectivity index (χ1n) is 23.9. The van der Waals surface area contributed by atoms with Gasteiger partial charge in [0.25, 0.3) is 0 Å². The van der Waals surface area contributed by atoms with E-state index in [-0.39, 0.29) is 5.41 Å². The van der Waals surface area contributed by atoms with Gasteiger partial charge >= 0.3 is 0 Å². The molecule has 1 spiro atoms. The number of hydrogen-bond donors (Lipinski definition) is 0. The van der Waals surface area contributed by atoms with E-state index in [2.05, 4.69) is 242 Å². The van der Waals surface area contributed by atoms with Crippen molar-refractivity contribution < 1.29 is 0 Å². The third kappa shape index (κ3) is 5.44. The summed E-state index contributed by atoms with van der Waals surface area (Å²) in [5.74, 6) is 0. The first-order valence-corrected chi connectivity index (χ1v) is 23.9. The van der Waals surface area contributed by atoms with Gasteiger partial charge in [-0.05, 0) is 156 Å². The topological polar surface area (TPSA) is 6.48 Å². The van der Waals surface area contributed by atoms with Crippen molar-refractivity contribution in [3.05, 3.63) is 255 Å². The van der Waals surface area contributed by atoms with Crippen LogP contribution >= 0.6 is 0 Å². The quantitative estimate of drug-likeness (QED) is 0.163. The molecule has 0 N–H and O–H groups in total. The number of rotatable bonds is 4. The van der Waals surface area contributed by atoms with Gasteiger partial charge < -0.3 is 9.80 Å². The summed E-state index contributed by atoms with van der Waals surface area (Å²) in [5.41, 5.74) is 28.0. The van der Waals surface area contributed by atoms with Gasteiger partial charge in [-0.1, -0.05) is 184 Å². The summed E-state index contributed by atoms with van der Waals surface area (Å²) >= 11 is 0. The van der Waals surface area contributed by atoms with Crippen LogP contribution in [-0.2, 0) is 17.3 Å². The van der Waals surface area contributed by atoms with Gasteiger partial charge in [-0.2, -0.15) is 0 Å². The van der Waals surface area contributed by atoms with E-state index in [1.54, 1.807) is 0 Å². The highest BCUT2D eigenvalue weighted by Gasteiger charge is 2.52. The van der Waals surface area contributed by atoms with Crippen LogP contribution in [0.3, 0.4) is 0 Å². The van der Waals surface area contributed by atoms with Crippen LogP contribution in [0.1, 0.15) is 81.5 Å². The summed E-state index contributed by atoms with van der Waals surface area (Å²) in [5, 5.41) is 0. The van der Waals surface area contributed by atoms with Crippen molar-refractivity contribution in [3.8, 4) is 33.4 Å². The highest BCUT2D eigenvalue weighted by molar-refractivity contribution is 5.98. The molecule has 5 aliphatic rings. The van der Waals surface area contributed by atoms with Crippen molar-refractivity contribution in [3.63, 3.8) is 0 Å². The number of aryl methyl sites for hydroxylation is 1. The molecule has 3 aliphatic carbocycles. The van der Waals surface area contributed by atoms with Crippen LogP contribution in [0, 0.1) is 0 Å². The van der Waals surface area contributed by atoms with E-state index in [1.807, 2.05) is 0 Å². The van der Waals surface area contributed by atoms with Gasteiger partial charge in [-0.25, -0.2) is 0 Å². The predicted octanol–water partition coefficient (Wildman–Crippen LogP) is 16.5. The molecule has 2 aliphatic heterocycles. The van der Waals surface area contributed by atoms with Crippen LogP contribution in [0.2, 0.25) is 0 Å². The summed E-state index contributed by atoms with van der Waals surface area (Å²) in [6.07, 6.45) is 11.4. The Morgan fingerprint density at radius 1 is 0.403 bits per heavy atom. The zero-order chi connectivity index (χ0) is 44.4. The molecule has 14 rings (SSSR count). The molecule has 0 radical (unpaired) electrons. The highest BCUT2D eigenvalue weighted by atomic mass is 15.2. The molecular formula is C65H48N2. The zero-order valence-corrected chi connectivity index (χ0v) is 37.8. The Kier molecular flexibility index (Phi) is 8.17. The minimum Gasteiger partial charge on any atom is -0.341 e. The van der Waals surface area contributed by atoms with Crippen molar-refractivity contribution in [1.29, 1.82) is 0 Å². The Hall–Kier alpha value is -7.94. The van der Waals surface area contributed by atoms with Gasteiger partial charge in [0.2, 0.25) is 0 Å². The van der Waals surface area contributed by atoms with Crippen molar-refractivity contribution in [2.45, 2.75) is 37.5 Å². The van der Waals surface area contributed by atoms with E-state index in [4.69, 9.17) is 0 Å². The Morgan fingerprint density at radius 3 is 1.52 bits per heavy atom. The van der Waals surface area contributed by atoms with E-state index in [1.165, 1.54) is 123 Å². The van der Waals surface area contributed by atoms with Crippen LogP contribution in [-0.4, -0.2) is 6.54 Å². The first kappa shape index (κ1) is 38.3. The Morgan fingerprint density at radius 2 is 0.866 bits per heavy atom. The van der Waals surface area contributed by atoms with Gasteiger partial charge in [0, 0.05) is 29.0 Å². The average Bonchev–Trinajstić information content (AvgIpc) is 3.87. The molecule has 9 aromatic rings. The van der Waals surface area contributed by atoms with Gasteiger partial charge in [-0.3, -0.25) is 0 Å². The van der Waals surface area contributed by atoms with Gasteiger partial charge in [0.1, 0.15) is 0 Å². The molecule has 2 heteroatoms. The minimum absolute atomic E-state index is 0.183. The predicted molar refractivity (Wildman–Crippen MR) is 281 cm³/mol. The van der Waals surface area contributed by atoms with Crippen LogP contribution in [0.5, 0.6) is 0 Å². The van der Waals surface area contributed by atoms with Gasteiger partial charge in [0.05, 0.1) is 16.8 Å². The lowest BCUT2D eigenvalue weighted by Crippen LogP contribution is -2.27. The van der Waals surface area contributed by atoms with E-state index >= 15 is 0 Å². The molecule has 9 aromatic carbocycles. The number of hydrogen-bond acceptors (Lipinski definition) is 2. The molecule has 318 valence electrons. The standard InChI is InChI=1S/C65H48N2/c1-64(2)57-38-42(27-33-51(57)52-36-32-48(41-58(52)64)67-62-23-11-4-15-45(62)29-30-46-16-5-12-24-63(46)67)25-26-43-28-34-53-54-35-31-47(66-37-13-17-44-14-3-10-22-61(44)66)40-60(54)65(59(53)39-43)55-20-8-6-18-49(55)50-19-7-9-21-56(50)65/h3-12,14-16,18-36,38-41H,13,17,37H2,1-2H3/b26-25+. The van der Waals surface area contributed by atoms with Crippen LogP contribution < -0.4 is 9.80 Å². The maximum absolute atomic E-state index is 2.55. The zero-order valence-electron chi connectivity index (χ0n) is 37.8. The van der Waals surface area contributed by atoms with Crippen molar-refractivity contribution in [2.24, 2.45) is 0 Å². The van der Waals surface area contributed by atoms with E-state index < -0.39 is 5.41 Å². The molecule has 0 atom stereocenters. The lowest BCUT2D eigenvalue weighted by molar-refractivity contribution is 0.660. The van der Waals surface area contributed by atoms with Crippen LogP contribution in [0.15, 0.2) is 194 Å². The molecule has 0 amide bonds. The Labute approximate surface area is 393 Å². The lowest BCUT2D eigenvalue weighted by Gasteiger charge is -2.34. The average molecular weight is 857 g/mol. The first-order chi connectivity index (χ1) is 33.0. The monoisotopic (exact) mass is 856 g/mol. The summed E-state index contributed by atoms with van der Waals surface area (Å²) in [6, 6.07) is 73.4. The molecule has 0 saturated carbocycles. The largest absolute Gasteiger partial charge is 0.341 e. The molecule has 0 unspecified atom stereocenters. The molecular weight excluding hydrogens is 809 g/mol. The summed E-state index contributed by atoms with van der Waals surface area (Å²) < 4.78 is 0. The number of para-hydroxylation sites is 3. The fourth-order valence-corrected chi connectivity index (χ4v) is 12.6. The highest BCUT2D eigenvalue weighted by Crippen LogP contribution is 2.63. The van der Waals surface area contributed by atoms with Crippen LogP contribution in [0.25, 0.3) is 57.7 Å². The molecule has 0 saturated heterocycles. The Balaban J connectivity index is 0.847. The fraction of sp³-hybridized carbons (Fsp3) is 0.108. The van der Waals surface area contributed by atoms with Crippen molar-refractivity contribution >= 4 is 52.7 Å². The van der Waals surface area contributed by atoms with E-state index in [0.29, 0.717) is 0 Å². The summed E-state index contributed by atoms with van der Waals surface area (Å²) in [6.45, 7) is 5.81. The van der Waals surface area contributed by atoms with Gasteiger partial charge in [0.15, 0.2) is 0 Å². The second-order valence-electron chi connectivity index (χ2n) is 19.5. The normalized spacial score (nSPS) is 15.8. The number of nitrogens with zero attached hydrogens (tertiary/aromatic N) is 2. The third-order valence-corrected chi connectivity index (χ3v) is 15.7. The smallest absolute Gasteiger partial charge is 0.0726 e.